The highest BCUT2D eigenvalue weighted by atomic mass is 32.2. The molecule has 0 saturated carbocycles. The number of hydrogen-bond donors (Lipinski definition) is 1. The van der Waals surface area contributed by atoms with Crippen molar-refractivity contribution in [1.29, 1.82) is 0 Å². The van der Waals surface area contributed by atoms with Crippen molar-refractivity contribution >= 4 is 10.0 Å². The Balaban J connectivity index is 1.78. The van der Waals surface area contributed by atoms with Crippen LogP contribution in [0.25, 0.3) is 16.9 Å². The summed E-state index contributed by atoms with van der Waals surface area (Å²) >= 11 is 0. The molecule has 0 spiro atoms. The van der Waals surface area contributed by atoms with E-state index in [1.54, 1.807) is 16.8 Å². The molecule has 5 nitrogen and oxygen atoms in total. The van der Waals surface area contributed by atoms with Crippen molar-refractivity contribution in [3.8, 4) is 16.9 Å². The van der Waals surface area contributed by atoms with Crippen molar-refractivity contribution in [1.82, 2.24) is 9.78 Å². The van der Waals surface area contributed by atoms with Crippen LogP contribution in [0.3, 0.4) is 0 Å². The fourth-order valence-electron chi connectivity index (χ4n) is 3.17. The van der Waals surface area contributed by atoms with Crippen molar-refractivity contribution in [2.75, 3.05) is 0 Å². The van der Waals surface area contributed by atoms with Gasteiger partial charge in [0.2, 0.25) is 10.0 Å². The van der Waals surface area contributed by atoms with Gasteiger partial charge in [-0.05, 0) is 42.0 Å². The van der Waals surface area contributed by atoms with Crippen molar-refractivity contribution in [2.24, 2.45) is 5.14 Å². The average molecular weight is 425 g/mol. The van der Waals surface area contributed by atoms with Gasteiger partial charge in [0, 0.05) is 18.1 Å². The van der Waals surface area contributed by atoms with Crippen LogP contribution in [0, 0.1) is 11.6 Å². The summed E-state index contributed by atoms with van der Waals surface area (Å²) in [5, 5.41) is 9.75. The van der Waals surface area contributed by atoms with E-state index in [1.165, 1.54) is 24.3 Å². The SMILES string of the molecule is NS(=O)(=O)c1ccc(-n2nc(Cc3ccc(F)cc3F)cc2-c2ccccc2)cc1. The second kappa shape index (κ2) is 7.81. The largest absolute Gasteiger partial charge is 0.238 e. The minimum absolute atomic E-state index is 0.00623. The molecule has 0 amide bonds. The molecule has 4 aromatic rings. The lowest BCUT2D eigenvalue weighted by Crippen LogP contribution is -2.12. The summed E-state index contributed by atoms with van der Waals surface area (Å²) in [7, 11) is -3.81. The van der Waals surface area contributed by atoms with Gasteiger partial charge < -0.3 is 0 Å². The standard InChI is InChI=1S/C22H17F2N3O2S/c23-17-7-6-16(21(24)13-17)12-18-14-22(15-4-2-1-3-5-15)27(26-18)19-8-10-20(11-9-19)30(25,28)29/h1-11,13-14H,12H2,(H2,25,28,29). The van der Waals surface area contributed by atoms with Crippen LogP contribution in [-0.4, -0.2) is 18.2 Å². The van der Waals surface area contributed by atoms with Gasteiger partial charge in [0.1, 0.15) is 11.6 Å². The lowest BCUT2D eigenvalue weighted by molar-refractivity contribution is 0.574. The number of benzene rings is 3. The minimum Gasteiger partial charge on any atom is -0.233 e. The molecule has 30 heavy (non-hydrogen) atoms. The third-order valence-electron chi connectivity index (χ3n) is 4.63. The van der Waals surface area contributed by atoms with Gasteiger partial charge in [0.15, 0.2) is 0 Å². The molecule has 0 bridgehead atoms. The molecule has 0 saturated heterocycles. The molecule has 3 aromatic carbocycles. The predicted molar refractivity (Wildman–Crippen MR) is 110 cm³/mol. The number of nitrogens with zero attached hydrogens (tertiary/aromatic N) is 2. The van der Waals surface area contributed by atoms with Crippen LogP contribution in [0.1, 0.15) is 11.3 Å². The number of nitrogens with two attached hydrogens (primary N) is 1. The number of rotatable bonds is 5. The third-order valence-corrected chi connectivity index (χ3v) is 5.56. The van der Waals surface area contributed by atoms with E-state index in [-0.39, 0.29) is 11.3 Å². The summed E-state index contributed by atoms with van der Waals surface area (Å²) in [5.41, 5.74) is 3.15. The lowest BCUT2D eigenvalue weighted by Gasteiger charge is -2.08. The summed E-state index contributed by atoms with van der Waals surface area (Å²) in [5.74, 6) is -1.27. The van der Waals surface area contributed by atoms with Crippen molar-refractivity contribution in [2.45, 2.75) is 11.3 Å². The van der Waals surface area contributed by atoms with Gasteiger partial charge in [0.25, 0.3) is 0 Å². The quantitative estimate of drug-likeness (QED) is 0.524. The number of sulfonamides is 1. The van der Waals surface area contributed by atoms with Crippen LogP contribution in [0.5, 0.6) is 0 Å². The highest BCUT2D eigenvalue weighted by molar-refractivity contribution is 7.89. The molecule has 2 N–H and O–H groups in total. The van der Waals surface area contributed by atoms with E-state index in [4.69, 9.17) is 5.14 Å². The Morgan fingerprint density at radius 1 is 0.900 bits per heavy atom. The molecule has 0 aliphatic heterocycles. The third kappa shape index (κ3) is 4.14. The van der Waals surface area contributed by atoms with E-state index >= 15 is 0 Å². The van der Waals surface area contributed by atoms with Crippen molar-refractivity contribution in [3.63, 3.8) is 0 Å². The molecule has 8 heteroatoms. The number of hydrogen-bond acceptors (Lipinski definition) is 3. The molecule has 0 unspecified atom stereocenters. The fourth-order valence-corrected chi connectivity index (χ4v) is 3.68. The molecule has 0 radical (unpaired) electrons. The molecule has 0 atom stereocenters. The molecular formula is C22H17F2N3O2S. The fraction of sp³-hybridized carbons (Fsp3) is 0.0455. The normalized spacial score (nSPS) is 11.6. The molecule has 4 rings (SSSR count). The topological polar surface area (TPSA) is 78.0 Å². The maximum absolute atomic E-state index is 14.1. The van der Waals surface area contributed by atoms with Crippen molar-refractivity contribution in [3.05, 3.63) is 102 Å². The van der Waals surface area contributed by atoms with Crippen molar-refractivity contribution < 1.29 is 17.2 Å². The van der Waals surface area contributed by atoms with Crippen LogP contribution < -0.4 is 5.14 Å². The van der Waals surface area contributed by atoms with Gasteiger partial charge >= 0.3 is 0 Å². The Morgan fingerprint density at radius 3 is 2.23 bits per heavy atom. The van der Waals surface area contributed by atoms with Gasteiger partial charge in [-0.3, -0.25) is 0 Å². The second-order valence-corrected chi connectivity index (χ2v) is 8.31. The highest BCUT2D eigenvalue weighted by Crippen LogP contribution is 2.26. The van der Waals surface area contributed by atoms with E-state index < -0.39 is 21.7 Å². The zero-order valence-electron chi connectivity index (χ0n) is 15.7. The molecule has 0 aliphatic rings. The molecule has 0 aliphatic carbocycles. The van der Waals surface area contributed by atoms with Crippen LogP contribution in [0.4, 0.5) is 8.78 Å². The number of halogens is 2. The Hall–Kier alpha value is -3.36. The Bertz CT molecular complexity index is 1300. The first-order chi connectivity index (χ1) is 14.3. The van der Waals surface area contributed by atoms with Crippen LogP contribution in [0.2, 0.25) is 0 Å². The second-order valence-electron chi connectivity index (χ2n) is 6.75. The Morgan fingerprint density at radius 2 is 1.60 bits per heavy atom. The summed E-state index contributed by atoms with van der Waals surface area (Å²) in [6.45, 7) is 0. The van der Waals surface area contributed by atoms with Gasteiger partial charge in [-0.1, -0.05) is 36.4 Å². The van der Waals surface area contributed by atoms with Gasteiger partial charge in [-0.2, -0.15) is 5.10 Å². The zero-order chi connectivity index (χ0) is 21.3. The summed E-state index contributed by atoms with van der Waals surface area (Å²) < 4.78 is 52.0. The summed E-state index contributed by atoms with van der Waals surface area (Å²) in [6.07, 6.45) is 0.175. The molecule has 1 heterocycles. The number of primary sulfonamides is 1. The molecular weight excluding hydrogens is 408 g/mol. The maximum atomic E-state index is 14.1. The van der Waals surface area contributed by atoms with Crippen LogP contribution in [0.15, 0.2) is 83.8 Å². The van der Waals surface area contributed by atoms with Gasteiger partial charge in [0.05, 0.1) is 22.0 Å². The van der Waals surface area contributed by atoms with Crippen LogP contribution in [-0.2, 0) is 16.4 Å². The lowest BCUT2D eigenvalue weighted by atomic mass is 10.1. The smallest absolute Gasteiger partial charge is 0.233 e. The van der Waals surface area contributed by atoms with E-state index in [1.807, 2.05) is 36.4 Å². The van der Waals surface area contributed by atoms with E-state index in [0.29, 0.717) is 16.9 Å². The van der Waals surface area contributed by atoms with E-state index in [0.717, 1.165) is 17.3 Å². The molecule has 152 valence electrons. The first kappa shape index (κ1) is 19.9. The first-order valence-electron chi connectivity index (χ1n) is 9.03. The Kier molecular flexibility index (Phi) is 5.19. The average Bonchev–Trinajstić information content (AvgIpc) is 3.14. The van der Waals surface area contributed by atoms with Gasteiger partial charge in [-0.25, -0.2) is 27.0 Å². The first-order valence-corrected chi connectivity index (χ1v) is 10.6. The summed E-state index contributed by atoms with van der Waals surface area (Å²) in [6, 6.07) is 20.8. The summed E-state index contributed by atoms with van der Waals surface area (Å²) in [4.78, 5) is -0.00623. The van der Waals surface area contributed by atoms with E-state index in [2.05, 4.69) is 5.10 Å². The molecule has 0 fully saturated rings. The predicted octanol–water partition coefficient (Wildman–Crippen LogP) is 4.06. The molecule has 1 aromatic heterocycles. The van der Waals surface area contributed by atoms with E-state index in [9.17, 15) is 17.2 Å². The Labute approximate surface area is 172 Å². The zero-order valence-corrected chi connectivity index (χ0v) is 16.5. The maximum Gasteiger partial charge on any atom is 0.238 e. The highest BCUT2D eigenvalue weighted by Gasteiger charge is 2.15. The van der Waals surface area contributed by atoms with Gasteiger partial charge in [-0.15, -0.1) is 0 Å². The monoisotopic (exact) mass is 425 g/mol. The van der Waals surface area contributed by atoms with Crippen LogP contribution >= 0.6 is 0 Å². The minimum atomic E-state index is -3.81. The number of aromatic nitrogens is 2.